The van der Waals surface area contributed by atoms with E-state index in [0.717, 1.165) is 29.9 Å². The molecule has 0 radical (unpaired) electrons. The first kappa shape index (κ1) is 22.4. The number of hydrogen-bond acceptors (Lipinski definition) is 5. The number of aryl methyl sites for hydroxylation is 1. The fourth-order valence-electron chi connectivity index (χ4n) is 2.92. The first-order chi connectivity index (χ1) is 14.1. The number of methoxy groups -OCH3 is 2. The van der Waals surface area contributed by atoms with Gasteiger partial charge in [0.25, 0.3) is 5.91 Å². The Morgan fingerprint density at radius 3 is 2.48 bits per heavy atom. The molecular formula is C23H31NO5. The molecule has 0 aliphatic carbocycles. The number of benzene rings is 2. The summed E-state index contributed by atoms with van der Waals surface area (Å²) in [7, 11) is 3.23. The van der Waals surface area contributed by atoms with Crippen LogP contribution in [-0.2, 0) is 11.2 Å². The second-order valence-electron chi connectivity index (χ2n) is 6.51. The summed E-state index contributed by atoms with van der Waals surface area (Å²) in [6, 6.07) is 13.2. The summed E-state index contributed by atoms with van der Waals surface area (Å²) >= 11 is 0. The molecule has 0 heterocycles. The van der Waals surface area contributed by atoms with Crippen molar-refractivity contribution in [2.24, 2.45) is 0 Å². The van der Waals surface area contributed by atoms with E-state index in [1.54, 1.807) is 20.3 Å². The van der Waals surface area contributed by atoms with Gasteiger partial charge in [0.05, 0.1) is 20.8 Å². The molecule has 0 aliphatic rings. The third-order valence-corrected chi connectivity index (χ3v) is 4.45. The fourth-order valence-corrected chi connectivity index (χ4v) is 2.92. The van der Waals surface area contributed by atoms with Crippen LogP contribution in [0.1, 0.15) is 32.3 Å². The van der Waals surface area contributed by atoms with E-state index in [9.17, 15) is 4.79 Å². The summed E-state index contributed by atoms with van der Waals surface area (Å²) in [4.78, 5) is 12.5. The van der Waals surface area contributed by atoms with Crippen LogP contribution >= 0.6 is 0 Å². The number of carbonyl (C=O) groups is 1. The first-order valence-corrected chi connectivity index (χ1v) is 9.99. The Morgan fingerprint density at radius 2 is 1.79 bits per heavy atom. The van der Waals surface area contributed by atoms with E-state index in [1.807, 2.05) is 50.2 Å². The number of nitrogens with one attached hydrogen (secondary N) is 1. The van der Waals surface area contributed by atoms with E-state index in [4.69, 9.17) is 18.9 Å². The maximum absolute atomic E-state index is 12.5. The third kappa shape index (κ3) is 6.89. The summed E-state index contributed by atoms with van der Waals surface area (Å²) in [5.41, 5.74) is 1.14. The number of carbonyl (C=O) groups excluding carboxylic acids is 1. The summed E-state index contributed by atoms with van der Waals surface area (Å²) < 4.78 is 21.9. The molecule has 6 heteroatoms. The summed E-state index contributed by atoms with van der Waals surface area (Å²) in [5, 5.41) is 2.96. The molecule has 6 nitrogen and oxygen atoms in total. The third-order valence-electron chi connectivity index (χ3n) is 4.45. The molecule has 0 unspecified atom stereocenters. The van der Waals surface area contributed by atoms with Crippen LogP contribution in [-0.4, -0.2) is 39.4 Å². The topological polar surface area (TPSA) is 66.0 Å². The zero-order valence-electron chi connectivity index (χ0n) is 17.7. The minimum absolute atomic E-state index is 0.111. The van der Waals surface area contributed by atoms with Crippen LogP contribution in [0.3, 0.4) is 0 Å². The monoisotopic (exact) mass is 401 g/mol. The smallest absolute Gasteiger partial charge is 0.261 e. The molecule has 2 aromatic rings. The number of ether oxygens (including phenoxy) is 4. The Labute approximate surface area is 173 Å². The molecule has 158 valence electrons. The molecular weight excluding hydrogens is 370 g/mol. The van der Waals surface area contributed by atoms with Crippen molar-refractivity contribution in [1.82, 2.24) is 5.32 Å². The van der Waals surface area contributed by atoms with Crippen LogP contribution in [0.5, 0.6) is 23.0 Å². The van der Waals surface area contributed by atoms with Crippen molar-refractivity contribution in [2.45, 2.75) is 39.2 Å². The summed E-state index contributed by atoms with van der Waals surface area (Å²) in [5.74, 6) is 2.68. The Morgan fingerprint density at radius 1 is 1.00 bits per heavy atom. The van der Waals surface area contributed by atoms with Gasteiger partial charge in [-0.1, -0.05) is 19.1 Å². The van der Waals surface area contributed by atoms with Crippen LogP contribution in [0.2, 0.25) is 0 Å². The predicted molar refractivity (Wildman–Crippen MR) is 113 cm³/mol. The molecule has 1 amide bonds. The zero-order chi connectivity index (χ0) is 21.1. The lowest BCUT2D eigenvalue weighted by molar-refractivity contribution is -0.128. The van der Waals surface area contributed by atoms with Gasteiger partial charge in [0.2, 0.25) is 0 Å². The van der Waals surface area contributed by atoms with Gasteiger partial charge < -0.3 is 24.3 Å². The van der Waals surface area contributed by atoms with Crippen molar-refractivity contribution >= 4 is 5.91 Å². The van der Waals surface area contributed by atoms with Gasteiger partial charge in [0, 0.05) is 12.6 Å². The average molecular weight is 402 g/mol. The van der Waals surface area contributed by atoms with Crippen LogP contribution in [0.15, 0.2) is 42.5 Å². The van der Waals surface area contributed by atoms with Crippen molar-refractivity contribution in [2.75, 3.05) is 27.4 Å². The summed E-state index contributed by atoms with van der Waals surface area (Å²) in [6.07, 6.45) is 1.70. The van der Waals surface area contributed by atoms with Gasteiger partial charge in [-0.05, 0) is 56.0 Å². The molecule has 0 spiro atoms. The van der Waals surface area contributed by atoms with Gasteiger partial charge in [0.1, 0.15) is 11.5 Å². The first-order valence-electron chi connectivity index (χ1n) is 9.99. The zero-order valence-corrected chi connectivity index (χ0v) is 17.7. The highest BCUT2D eigenvalue weighted by Crippen LogP contribution is 2.28. The van der Waals surface area contributed by atoms with E-state index in [1.165, 1.54) is 0 Å². The molecule has 29 heavy (non-hydrogen) atoms. The Kier molecular flexibility index (Phi) is 9.15. The van der Waals surface area contributed by atoms with Crippen LogP contribution in [0.4, 0.5) is 0 Å². The normalized spacial score (nSPS) is 11.4. The van der Waals surface area contributed by atoms with Crippen molar-refractivity contribution in [3.63, 3.8) is 0 Å². The van der Waals surface area contributed by atoms with E-state index >= 15 is 0 Å². The van der Waals surface area contributed by atoms with Gasteiger partial charge in [-0.2, -0.15) is 0 Å². The standard InChI is InChI=1S/C23H31NO5/c1-5-20(29-19-11-7-10-18(16-19)26-3)23(25)24-14-8-9-17-12-13-21(28-6-2)22(15-17)27-4/h7,10-13,15-16,20H,5-6,8-9,14H2,1-4H3,(H,24,25)/t20-/m0/s1. The predicted octanol–water partition coefficient (Wildman–Crippen LogP) is 4.01. The maximum atomic E-state index is 12.5. The minimum atomic E-state index is -0.535. The van der Waals surface area contributed by atoms with Gasteiger partial charge in [-0.3, -0.25) is 4.79 Å². The SMILES string of the molecule is CCOc1ccc(CCCNC(=O)[C@H](CC)Oc2cccc(OC)c2)cc1OC. The number of amides is 1. The van der Waals surface area contributed by atoms with Crippen molar-refractivity contribution in [3.05, 3.63) is 48.0 Å². The van der Waals surface area contributed by atoms with Crippen molar-refractivity contribution in [3.8, 4) is 23.0 Å². The van der Waals surface area contributed by atoms with Gasteiger partial charge in [-0.25, -0.2) is 0 Å². The highest BCUT2D eigenvalue weighted by molar-refractivity contribution is 5.81. The Hall–Kier alpha value is -2.89. The molecule has 0 bridgehead atoms. The molecule has 1 atom stereocenters. The second-order valence-corrected chi connectivity index (χ2v) is 6.51. The van der Waals surface area contributed by atoms with E-state index < -0.39 is 6.10 Å². The molecule has 2 aromatic carbocycles. The number of hydrogen-bond donors (Lipinski definition) is 1. The molecule has 0 fully saturated rings. The molecule has 0 saturated heterocycles. The lowest BCUT2D eigenvalue weighted by Gasteiger charge is -2.17. The number of rotatable bonds is 12. The lowest BCUT2D eigenvalue weighted by atomic mass is 10.1. The molecule has 0 aromatic heterocycles. The van der Waals surface area contributed by atoms with Crippen LogP contribution < -0.4 is 24.3 Å². The highest BCUT2D eigenvalue weighted by atomic mass is 16.5. The highest BCUT2D eigenvalue weighted by Gasteiger charge is 2.18. The van der Waals surface area contributed by atoms with E-state index in [-0.39, 0.29) is 5.91 Å². The average Bonchev–Trinajstić information content (AvgIpc) is 2.76. The molecule has 2 rings (SSSR count). The van der Waals surface area contributed by atoms with Crippen LogP contribution in [0.25, 0.3) is 0 Å². The second kappa shape index (κ2) is 11.8. The van der Waals surface area contributed by atoms with E-state index in [0.29, 0.717) is 31.1 Å². The fraction of sp³-hybridized carbons (Fsp3) is 0.435. The molecule has 1 N–H and O–H groups in total. The van der Waals surface area contributed by atoms with Gasteiger partial charge in [0.15, 0.2) is 17.6 Å². The molecule has 0 saturated carbocycles. The van der Waals surface area contributed by atoms with Crippen LogP contribution in [0, 0.1) is 0 Å². The molecule has 0 aliphatic heterocycles. The summed E-state index contributed by atoms with van der Waals surface area (Å²) in [6.45, 7) is 5.04. The largest absolute Gasteiger partial charge is 0.497 e. The Balaban J connectivity index is 1.82. The maximum Gasteiger partial charge on any atom is 0.261 e. The van der Waals surface area contributed by atoms with Crippen molar-refractivity contribution < 1.29 is 23.7 Å². The minimum Gasteiger partial charge on any atom is -0.497 e. The quantitative estimate of drug-likeness (QED) is 0.545. The van der Waals surface area contributed by atoms with E-state index in [2.05, 4.69) is 5.32 Å². The lowest BCUT2D eigenvalue weighted by Crippen LogP contribution is -2.38. The van der Waals surface area contributed by atoms with Crippen molar-refractivity contribution in [1.29, 1.82) is 0 Å². The van der Waals surface area contributed by atoms with Gasteiger partial charge >= 0.3 is 0 Å². The van der Waals surface area contributed by atoms with Gasteiger partial charge in [-0.15, -0.1) is 0 Å². The Bertz CT molecular complexity index is 778.